The summed E-state index contributed by atoms with van der Waals surface area (Å²) in [5, 5.41) is 0. The zero-order valence-electron chi connectivity index (χ0n) is 15.3. The van der Waals surface area contributed by atoms with Gasteiger partial charge in [-0.25, -0.2) is 4.39 Å². The standard InChI is InChI=1S/C25H18BrFO/c1-28-25-20(12-6-13-21(25)24-22(26)14-7-15-23(24)27)19-11-5-10-18(16-19)17-8-3-2-4-9-17/h2-16H,1H3. The second-order valence-electron chi connectivity index (χ2n) is 6.43. The first-order chi connectivity index (χ1) is 13.7. The minimum atomic E-state index is -0.289. The highest BCUT2D eigenvalue weighted by molar-refractivity contribution is 9.10. The van der Waals surface area contributed by atoms with Crippen LogP contribution in [0.1, 0.15) is 0 Å². The predicted molar refractivity (Wildman–Crippen MR) is 117 cm³/mol. The lowest BCUT2D eigenvalue weighted by Crippen LogP contribution is -1.94. The molecule has 0 aliphatic carbocycles. The van der Waals surface area contributed by atoms with Crippen LogP contribution in [-0.2, 0) is 0 Å². The van der Waals surface area contributed by atoms with E-state index in [4.69, 9.17) is 4.74 Å². The van der Waals surface area contributed by atoms with E-state index in [1.165, 1.54) is 6.07 Å². The molecule has 0 unspecified atom stereocenters. The van der Waals surface area contributed by atoms with Crippen LogP contribution in [0.3, 0.4) is 0 Å². The third-order valence-electron chi connectivity index (χ3n) is 4.73. The van der Waals surface area contributed by atoms with Crippen molar-refractivity contribution >= 4 is 15.9 Å². The molecule has 0 aliphatic heterocycles. The molecule has 0 radical (unpaired) electrons. The van der Waals surface area contributed by atoms with E-state index in [1.54, 1.807) is 13.2 Å². The molecule has 0 fully saturated rings. The van der Waals surface area contributed by atoms with Crippen molar-refractivity contribution in [3.05, 3.63) is 101 Å². The summed E-state index contributed by atoms with van der Waals surface area (Å²) in [5.74, 6) is 0.362. The number of para-hydroxylation sites is 1. The molecule has 0 saturated carbocycles. The van der Waals surface area contributed by atoms with E-state index < -0.39 is 0 Å². The van der Waals surface area contributed by atoms with Gasteiger partial charge >= 0.3 is 0 Å². The molecular weight excluding hydrogens is 415 g/mol. The highest BCUT2D eigenvalue weighted by atomic mass is 79.9. The lowest BCUT2D eigenvalue weighted by molar-refractivity contribution is 0.417. The van der Waals surface area contributed by atoms with Gasteiger partial charge in [0.05, 0.1) is 7.11 Å². The zero-order valence-corrected chi connectivity index (χ0v) is 16.9. The maximum atomic E-state index is 14.6. The summed E-state index contributed by atoms with van der Waals surface area (Å²) in [4.78, 5) is 0. The van der Waals surface area contributed by atoms with Gasteiger partial charge in [0, 0.05) is 21.2 Å². The van der Waals surface area contributed by atoms with Gasteiger partial charge in [-0.05, 0) is 34.9 Å². The maximum absolute atomic E-state index is 14.6. The van der Waals surface area contributed by atoms with Gasteiger partial charge in [0.2, 0.25) is 0 Å². The molecule has 28 heavy (non-hydrogen) atoms. The molecule has 0 N–H and O–H groups in total. The summed E-state index contributed by atoms with van der Waals surface area (Å²) in [6.07, 6.45) is 0. The Labute approximate surface area is 172 Å². The van der Waals surface area contributed by atoms with Crippen molar-refractivity contribution in [2.75, 3.05) is 7.11 Å². The Bertz CT molecular complexity index is 1100. The van der Waals surface area contributed by atoms with Crippen LogP contribution in [0.4, 0.5) is 4.39 Å². The molecule has 0 saturated heterocycles. The van der Waals surface area contributed by atoms with E-state index in [-0.39, 0.29) is 5.82 Å². The molecule has 4 aromatic rings. The average molecular weight is 433 g/mol. The summed E-state index contributed by atoms with van der Waals surface area (Å²) < 4.78 is 21.0. The zero-order chi connectivity index (χ0) is 19.5. The number of rotatable bonds is 4. The molecule has 0 bridgehead atoms. The van der Waals surface area contributed by atoms with Crippen LogP contribution >= 0.6 is 15.9 Å². The van der Waals surface area contributed by atoms with E-state index in [0.717, 1.165) is 27.8 Å². The second kappa shape index (κ2) is 7.99. The third kappa shape index (κ3) is 3.46. The maximum Gasteiger partial charge on any atom is 0.134 e. The van der Waals surface area contributed by atoms with Crippen LogP contribution in [-0.4, -0.2) is 7.11 Å². The third-order valence-corrected chi connectivity index (χ3v) is 5.39. The van der Waals surface area contributed by atoms with Gasteiger partial charge in [0.25, 0.3) is 0 Å². The first-order valence-electron chi connectivity index (χ1n) is 8.96. The van der Waals surface area contributed by atoms with Crippen molar-refractivity contribution in [1.29, 1.82) is 0 Å². The van der Waals surface area contributed by atoms with E-state index in [9.17, 15) is 4.39 Å². The minimum Gasteiger partial charge on any atom is -0.495 e. The van der Waals surface area contributed by atoms with Gasteiger partial charge in [-0.3, -0.25) is 0 Å². The molecule has 138 valence electrons. The minimum absolute atomic E-state index is 0.289. The molecular formula is C25H18BrFO. The Kier molecular flexibility index (Phi) is 5.27. The van der Waals surface area contributed by atoms with Crippen LogP contribution in [0.25, 0.3) is 33.4 Å². The van der Waals surface area contributed by atoms with Crippen molar-refractivity contribution in [3.63, 3.8) is 0 Å². The number of ether oxygens (including phenoxy) is 1. The highest BCUT2D eigenvalue weighted by Crippen LogP contribution is 2.42. The van der Waals surface area contributed by atoms with Gasteiger partial charge in [-0.2, -0.15) is 0 Å². The smallest absolute Gasteiger partial charge is 0.134 e. The average Bonchev–Trinajstić information content (AvgIpc) is 2.74. The Balaban J connectivity index is 1.89. The van der Waals surface area contributed by atoms with E-state index in [1.807, 2.05) is 54.6 Å². The largest absolute Gasteiger partial charge is 0.495 e. The van der Waals surface area contributed by atoms with Gasteiger partial charge in [0.15, 0.2) is 0 Å². The van der Waals surface area contributed by atoms with Crippen molar-refractivity contribution in [1.82, 2.24) is 0 Å². The van der Waals surface area contributed by atoms with E-state index in [0.29, 0.717) is 15.8 Å². The number of hydrogen-bond acceptors (Lipinski definition) is 1. The normalized spacial score (nSPS) is 10.7. The van der Waals surface area contributed by atoms with Gasteiger partial charge in [-0.15, -0.1) is 0 Å². The van der Waals surface area contributed by atoms with Crippen LogP contribution in [0.5, 0.6) is 5.75 Å². The van der Waals surface area contributed by atoms with E-state index in [2.05, 4.69) is 40.2 Å². The number of hydrogen-bond donors (Lipinski definition) is 0. The SMILES string of the molecule is COc1c(-c2cccc(-c3ccccc3)c2)cccc1-c1c(F)cccc1Br. The first kappa shape index (κ1) is 18.5. The Morgan fingerprint density at radius 1 is 0.679 bits per heavy atom. The van der Waals surface area contributed by atoms with Crippen LogP contribution in [0.15, 0.2) is 95.5 Å². The Morgan fingerprint density at radius 2 is 1.32 bits per heavy atom. The monoisotopic (exact) mass is 432 g/mol. The summed E-state index contributed by atoms with van der Waals surface area (Å²) in [6, 6.07) is 29.3. The first-order valence-corrected chi connectivity index (χ1v) is 9.75. The molecule has 4 aromatic carbocycles. The van der Waals surface area contributed by atoms with Crippen molar-refractivity contribution in [2.24, 2.45) is 0 Å². The number of halogens is 2. The summed E-state index contributed by atoms with van der Waals surface area (Å²) in [6.45, 7) is 0. The lowest BCUT2D eigenvalue weighted by atomic mass is 9.94. The summed E-state index contributed by atoms with van der Waals surface area (Å²) >= 11 is 3.47. The van der Waals surface area contributed by atoms with Crippen LogP contribution < -0.4 is 4.74 Å². The Hall–Kier alpha value is -2.91. The number of methoxy groups -OCH3 is 1. The van der Waals surface area contributed by atoms with E-state index >= 15 is 0 Å². The quantitative estimate of drug-likeness (QED) is 0.322. The molecule has 0 amide bonds. The predicted octanol–water partition coefficient (Wildman–Crippen LogP) is 7.60. The van der Waals surface area contributed by atoms with Gasteiger partial charge < -0.3 is 4.74 Å². The fourth-order valence-electron chi connectivity index (χ4n) is 3.43. The fourth-order valence-corrected chi connectivity index (χ4v) is 3.99. The molecule has 1 nitrogen and oxygen atoms in total. The van der Waals surface area contributed by atoms with Crippen molar-refractivity contribution in [3.8, 4) is 39.1 Å². The molecule has 0 atom stereocenters. The second-order valence-corrected chi connectivity index (χ2v) is 7.28. The summed E-state index contributed by atoms with van der Waals surface area (Å²) in [7, 11) is 1.62. The van der Waals surface area contributed by atoms with Crippen molar-refractivity contribution in [2.45, 2.75) is 0 Å². The molecule has 3 heteroatoms. The fraction of sp³-hybridized carbons (Fsp3) is 0.0400. The molecule has 0 heterocycles. The number of benzene rings is 4. The highest BCUT2D eigenvalue weighted by Gasteiger charge is 2.17. The summed E-state index contributed by atoms with van der Waals surface area (Å²) in [5.41, 5.74) is 5.44. The molecule has 0 spiro atoms. The van der Waals surface area contributed by atoms with Crippen LogP contribution in [0.2, 0.25) is 0 Å². The Morgan fingerprint density at radius 3 is 2.07 bits per heavy atom. The molecule has 0 aliphatic rings. The topological polar surface area (TPSA) is 9.23 Å². The molecule has 0 aromatic heterocycles. The van der Waals surface area contributed by atoms with Crippen LogP contribution in [0, 0.1) is 5.82 Å². The van der Waals surface area contributed by atoms with Gasteiger partial charge in [0.1, 0.15) is 11.6 Å². The molecule has 4 rings (SSSR count). The van der Waals surface area contributed by atoms with Gasteiger partial charge in [-0.1, -0.05) is 88.7 Å². The van der Waals surface area contributed by atoms with Crippen molar-refractivity contribution < 1.29 is 9.13 Å². The lowest BCUT2D eigenvalue weighted by Gasteiger charge is -2.16.